The van der Waals surface area contributed by atoms with E-state index in [1.165, 1.54) is 17.8 Å². The molecule has 0 atom stereocenters. The molecular weight excluding hydrogens is 401 g/mol. The Labute approximate surface area is 164 Å². The van der Waals surface area contributed by atoms with Crippen LogP contribution in [0.5, 0.6) is 0 Å². The first kappa shape index (κ1) is 20.2. The van der Waals surface area contributed by atoms with E-state index in [9.17, 15) is 9.59 Å². The molecule has 1 heterocycles. The standard InChI is InChI=1S/C16H17Cl2N3O2S2/c1-2-5-24-8-11-7-14(22)21-16(19-11)25-9-15(23)20-13-4-3-10(17)6-12(13)18/h3-4,6-7H,2,5,8-9H2,1H3,(H,20,23)(H,19,21,22). The van der Waals surface area contributed by atoms with Gasteiger partial charge in [0.15, 0.2) is 5.16 Å². The van der Waals surface area contributed by atoms with E-state index >= 15 is 0 Å². The molecule has 0 radical (unpaired) electrons. The average molecular weight is 418 g/mol. The third-order valence-electron chi connectivity index (χ3n) is 2.92. The molecule has 0 aliphatic carbocycles. The summed E-state index contributed by atoms with van der Waals surface area (Å²) >= 11 is 14.7. The van der Waals surface area contributed by atoms with Gasteiger partial charge in [-0.15, -0.1) is 0 Å². The number of carbonyl (C=O) groups is 1. The van der Waals surface area contributed by atoms with E-state index in [1.807, 2.05) is 0 Å². The van der Waals surface area contributed by atoms with E-state index in [0.29, 0.717) is 32.3 Å². The van der Waals surface area contributed by atoms with Crippen LogP contribution in [0.15, 0.2) is 34.2 Å². The van der Waals surface area contributed by atoms with E-state index < -0.39 is 0 Å². The Balaban J connectivity index is 1.93. The van der Waals surface area contributed by atoms with Gasteiger partial charge in [-0.3, -0.25) is 9.59 Å². The molecular formula is C16H17Cl2N3O2S2. The van der Waals surface area contributed by atoms with E-state index in [2.05, 4.69) is 22.2 Å². The predicted molar refractivity (Wildman–Crippen MR) is 107 cm³/mol. The lowest BCUT2D eigenvalue weighted by Gasteiger charge is -2.07. The molecule has 0 spiro atoms. The second-order valence-electron chi connectivity index (χ2n) is 5.06. The van der Waals surface area contributed by atoms with Gasteiger partial charge in [0.25, 0.3) is 5.56 Å². The molecule has 25 heavy (non-hydrogen) atoms. The van der Waals surface area contributed by atoms with Gasteiger partial charge in [-0.25, -0.2) is 4.98 Å². The summed E-state index contributed by atoms with van der Waals surface area (Å²) in [4.78, 5) is 30.8. The first-order valence-corrected chi connectivity index (χ1v) is 10.4. The van der Waals surface area contributed by atoms with Crippen molar-refractivity contribution in [1.29, 1.82) is 0 Å². The summed E-state index contributed by atoms with van der Waals surface area (Å²) in [6, 6.07) is 6.33. The molecule has 0 unspecified atom stereocenters. The fourth-order valence-corrected chi connectivity index (χ4v) is 3.80. The van der Waals surface area contributed by atoms with Crippen LogP contribution in [0.3, 0.4) is 0 Å². The Morgan fingerprint density at radius 1 is 1.32 bits per heavy atom. The smallest absolute Gasteiger partial charge is 0.251 e. The number of hydrogen-bond donors (Lipinski definition) is 2. The minimum Gasteiger partial charge on any atom is -0.324 e. The topological polar surface area (TPSA) is 74.8 Å². The summed E-state index contributed by atoms with van der Waals surface area (Å²) in [7, 11) is 0. The summed E-state index contributed by atoms with van der Waals surface area (Å²) in [5.41, 5.74) is 0.986. The van der Waals surface area contributed by atoms with Gasteiger partial charge in [0.05, 0.1) is 22.2 Å². The van der Waals surface area contributed by atoms with Crippen LogP contribution >= 0.6 is 46.7 Å². The zero-order valence-electron chi connectivity index (χ0n) is 13.5. The SMILES string of the molecule is CCCSCc1cc(=O)[nH]c(SCC(=O)Nc2ccc(Cl)cc2Cl)n1. The normalized spacial score (nSPS) is 10.7. The Morgan fingerprint density at radius 3 is 2.84 bits per heavy atom. The number of aromatic nitrogens is 2. The summed E-state index contributed by atoms with van der Waals surface area (Å²) in [5, 5.41) is 4.00. The molecule has 2 N–H and O–H groups in total. The summed E-state index contributed by atoms with van der Waals surface area (Å²) in [6.07, 6.45) is 1.07. The fourth-order valence-electron chi connectivity index (χ4n) is 1.86. The lowest BCUT2D eigenvalue weighted by Crippen LogP contribution is -2.16. The minimum absolute atomic E-state index is 0.105. The monoisotopic (exact) mass is 417 g/mol. The van der Waals surface area contributed by atoms with E-state index in [0.717, 1.165) is 12.2 Å². The van der Waals surface area contributed by atoms with Crippen molar-refractivity contribution in [1.82, 2.24) is 9.97 Å². The van der Waals surface area contributed by atoms with Crippen molar-refractivity contribution >= 4 is 58.3 Å². The van der Waals surface area contributed by atoms with Gasteiger partial charge in [-0.05, 0) is 30.4 Å². The molecule has 0 aliphatic heterocycles. The van der Waals surface area contributed by atoms with Gasteiger partial charge in [0, 0.05) is 16.8 Å². The number of halogens is 2. The van der Waals surface area contributed by atoms with Crippen LogP contribution in [-0.2, 0) is 10.5 Å². The van der Waals surface area contributed by atoms with Crippen molar-refractivity contribution in [2.45, 2.75) is 24.3 Å². The van der Waals surface area contributed by atoms with E-state index in [-0.39, 0.29) is 17.2 Å². The van der Waals surface area contributed by atoms with Gasteiger partial charge in [0.2, 0.25) is 5.91 Å². The third kappa shape index (κ3) is 6.93. The number of amides is 1. The molecule has 1 amide bonds. The van der Waals surface area contributed by atoms with Gasteiger partial charge in [-0.2, -0.15) is 11.8 Å². The highest BCUT2D eigenvalue weighted by atomic mass is 35.5. The number of aromatic amines is 1. The van der Waals surface area contributed by atoms with Crippen LogP contribution in [0.25, 0.3) is 0 Å². The van der Waals surface area contributed by atoms with Crippen LogP contribution < -0.4 is 10.9 Å². The third-order valence-corrected chi connectivity index (χ3v) is 5.53. The number of thioether (sulfide) groups is 2. The van der Waals surface area contributed by atoms with Crippen LogP contribution in [0.1, 0.15) is 19.0 Å². The molecule has 2 rings (SSSR count). The molecule has 0 aliphatic rings. The number of rotatable bonds is 8. The Bertz CT molecular complexity index is 799. The number of nitrogens with one attached hydrogen (secondary N) is 2. The quantitative estimate of drug-likeness (QED) is 0.376. The molecule has 2 aromatic rings. The number of hydrogen-bond acceptors (Lipinski definition) is 5. The number of anilines is 1. The lowest BCUT2D eigenvalue weighted by atomic mass is 10.3. The summed E-state index contributed by atoms with van der Waals surface area (Å²) in [5.74, 6) is 1.55. The molecule has 134 valence electrons. The van der Waals surface area contributed by atoms with E-state index in [1.54, 1.807) is 30.0 Å². The number of carbonyl (C=O) groups excluding carboxylic acids is 1. The first-order valence-electron chi connectivity index (χ1n) is 7.53. The number of benzene rings is 1. The molecule has 9 heteroatoms. The van der Waals surface area contributed by atoms with Crippen molar-refractivity contribution in [2.75, 3.05) is 16.8 Å². The second-order valence-corrected chi connectivity index (χ2v) is 7.97. The van der Waals surface area contributed by atoms with Crippen LogP contribution in [0.2, 0.25) is 10.0 Å². The maximum absolute atomic E-state index is 12.1. The van der Waals surface area contributed by atoms with Crippen molar-refractivity contribution in [3.63, 3.8) is 0 Å². The number of H-pyrrole nitrogens is 1. The molecule has 0 bridgehead atoms. The highest BCUT2D eigenvalue weighted by molar-refractivity contribution is 7.99. The van der Waals surface area contributed by atoms with Crippen LogP contribution in [0.4, 0.5) is 5.69 Å². The second kappa shape index (κ2) is 10.1. The number of nitrogens with zero attached hydrogens (tertiary/aromatic N) is 1. The zero-order chi connectivity index (χ0) is 18.2. The lowest BCUT2D eigenvalue weighted by molar-refractivity contribution is -0.113. The van der Waals surface area contributed by atoms with Crippen molar-refractivity contribution < 1.29 is 4.79 Å². The molecule has 1 aromatic carbocycles. The van der Waals surface area contributed by atoms with Crippen molar-refractivity contribution in [3.05, 3.63) is 50.4 Å². The molecule has 0 saturated carbocycles. The first-order chi connectivity index (χ1) is 12.0. The van der Waals surface area contributed by atoms with Gasteiger partial charge >= 0.3 is 0 Å². The average Bonchev–Trinajstić information content (AvgIpc) is 2.55. The zero-order valence-corrected chi connectivity index (χ0v) is 16.6. The van der Waals surface area contributed by atoms with E-state index in [4.69, 9.17) is 23.2 Å². The Kier molecular flexibility index (Phi) is 8.15. The van der Waals surface area contributed by atoms with Crippen LogP contribution in [-0.4, -0.2) is 27.4 Å². The maximum atomic E-state index is 12.1. The van der Waals surface area contributed by atoms with Crippen molar-refractivity contribution in [2.24, 2.45) is 0 Å². The molecule has 0 saturated heterocycles. The van der Waals surface area contributed by atoms with Gasteiger partial charge < -0.3 is 10.3 Å². The largest absolute Gasteiger partial charge is 0.324 e. The highest BCUT2D eigenvalue weighted by Crippen LogP contribution is 2.25. The van der Waals surface area contributed by atoms with Crippen molar-refractivity contribution in [3.8, 4) is 0 Å². The summed E-state index contributed by atoms with van der Waals surface area (Å²) in [6.45, 7) is 2.10. The Morgan fingerprint density at radius 2 is 2.12 bits per heavy atom. The fraction of sp³-hybridized carbons (Fsp3) is 0.312. The van der Waals surface area contributed by atoms with Gasteiger partial charge in [0.1, 0.15) is 0 Å². The highest BCUT2D eigenvalue weighted by Gasteiger charge is 2.09. The maximum Gasteiger partial charge on any atom is 0.251 e. The van der Waals surface area contributed by atoms with Crippen LogP contribution in [0, 0.1) is 0 Å². The predicted octanol–water partition coefficient (Wildman–Crippen LogP) is 4.45. The summed E-state index contributed by atoms with van der Waals surface area (Å²) < 4.78 is 0. The van der Waals surface area contributed by atoms with Gasteiger partial charge in [-0.1, -0.05) is 41.9 Å². The molecule has 0 fully saturated rings. The molecule has 5 nitrogen and oxygen atoms in total. The molecule has 1 aromatic heterocycles. The Hall–Kier alpha value is -1.15. The minimum atomic E-state index is -0.248.